The summed E-state index contributed by atoms with van der Waals surface area (Å²) in [5, 5.41) is 3.34. The molecule has 1 N–H and O–H groups in total. The van der Waals surface area contributed by atoms with E-state index in [9.17, 15) is 22.4 Å². The van der Waals surface area contributed by atoms with Crippen molar-refractivity contribution in [3.05, 3.63) is 76.5 Å². The van der Waals surface area contributed by atoms with Crippen LogP contribution in [0.15, 0.2) is 54.5 Å². The first-order chi connectivity index (χ1) is 18.5. The van der Waals surface area contributed by atoms with Gasteiger partial charge in [0.15, 0.2) is 0 Å². The van der Waals surface area contributed by atoms with Gasteiger partial charge in [0.05, 0.1) is 10.7 Å². The van der Waals surface area contributed by atoms with Crippen LogP contribution in [-0.4, -0.2) is 52.7 Å². The molecule has 1 spiro atoms. The Bertz CT molecular complexity index is 1370. The van der Waals surface area contributed by atoms with Crippen LogP contribution in [0, 0.1) is 5.41 Å². The molecule has 1 amide bonds. The van der Waals surface area contributed by atoms with Crippen LogP contribution < -0.4 is 10.1 Å². The maximum Gasteiger partial charge on any atom is 0.573 e. The van der Waals surface area contributed by atoms with Gasteiger partial charge in [-0.25, -0.2) is 9.37 Å². The molecule has 1 saturated carbocycles. The number of alkyl halides is 3. The molecule has 1 aromatic carbocycles. The van der Waals surface area contributed by atoms with Crippen molar-refractivity contribution in [2.75, 3.05) is 26.2 Å². The molecule has 5 rings (SSSR count). The van der Waals surface area contributed by atoms with Gasteiger partial charge in [0.1, 0.15) is 22.9 Å². The number of ether oxygens (including phenoxy) is 1. The Hall–Kier alpha value is -3.11. The maximum absolute atomic E-state index is 14.5. The average Bonchev–Trinajstić information content (AvgIpc) is 3.20. The van der Waals surface area contributed by atoms with Crippen LogP contribution in [0.25, 0.3) is 5.65 Å². The van der Waals surface area contributed by atoms with Gasteiger partial charge in [0.25, 0.3) is 5.91 Å². The van der Waals surface area contributed by atoms with E-state index >= 15 is 0 Å². The number of aromatic nitrogens is 2. The molecule has 1 aliphatic carbocycles. The van der Waals surface area contributed by atoms with Crippen LogP contribution in [0.2, 0.25) is 5.02 Å². The van der Waals surface area contributed by atoms with Crippen molar-refractivity contribution >= 4 is 23.2 Å². The fourth-order valence-electron chi connectivity index (χ4n) is 5.77. The summed E-state index contributed by atoms with van der Waals surface area (Å²) in [6.45, 7) is 4.05. The van der Waals surface area contributed by atoms with Crippen molar-refractivity contribution in [3.63, 3.8) is 0 Å². The lowest BCUT2D eigenvalue weighted by atomic mass is 9.56. The molecule has 39 heavy (non-hydrogen) atoms. The number of benzene rings is 1. The summed E-state index contributed by atoms with van der Waals surface area (Å²) in [6, 6.07) is 9.54. The van der Waals surface area contributed by atoms with Crippen molar-refractivity contribution < 1.29 is 27.1 Å². The smallest absolute Gasteiger partial charge is 0.406 e. The largest absolute Gasteiger partial charge is 0.573 e. The van der Waals surface area contributed by atoms with Gasteiger partial charge in [0, 0.05) is 32.4 Å². The average molecular weight is 565 g/mol. The summed E-state index contributed by atoms with van der Waals surface area (Å²) < 4.78 is 57.1. The van der Waals surface area contributed by atoms with E-state index in [-0.39, 0.29) is 29.4 Å². The fourth-order valence-corrected chi connectivity index (χ4v) is 5.93. The highest BCUT2D eigenvalue weighted by atomic mass is 35.5. The first-order valence-electron chi connectivity index (χ1n) is 12.9. The number of hydrogen-bond donors (Lipinski definition) is 1. The SMILES string of the molecule is CCc1nc2ccc(Cl)cn2c1C(=O)NCC/C=C(/F)CN1CC2(CC(c3ccc(OC(F)(F)F)cc3)C2)C1. The molecule has 208 valence electrons. The summed E-state index contributed by atoms with van der Waals surface area (Å²) in [7, 11) is 0. The third-order valence-corrected chi connectivity index (χ3v) is 7.66. The summed E-state index contributed by atoms with van der Waals surface area (Å²) in [5.74, 6) is -0.426. The van der Waals surface area contributed by atoms with E-state index in [1.54, 1.807) is 34.9 Å². The second kappa shape index (κ2) is 10.8. The minimum Gasteiger partial charge on any atom is -0.406 e. The van der Waals surface area contributed by atoms with Crippen LogP contribution in [0.5, 0.6) is 5.75 Å². The predicted molar refractivity (Wildman–Crippen MR) is 140 cm³/mol. The number of halogens is 5. The lowest BCUT2D eigenvalue weighted by Crippen LogP contribution is -2.61. The van der Waals surface area contributed by atoms with E-state index in [2.05, 4.69) is 19.9 Å². The fraction of sp³-hybridized carbons (Fsp3) is 0.429. The number of fused-ring (bicyclic) bond motifs is 1. The Morgan fingerprint density at radius 3 is 2.59 bits per heavy atom. The van der Waals surface area contributed by atoms with Gasteiger partial charge in [-0.05, 0) is 72.9 Å². The van der Waals surface area contributed by atoms with E-state index in [0.717, 1.165) is 31.5 Å². The summed E-state index contributed by atoms with van der Waals surface area (Å²) >= 11 is 6.09. The number of amides is 1. The monoisotopic (exact) mass is 564 g/mol. The van der Waals surface area contributed by atoms with Gasteiger partial charge in [-0.3, -0.25) is 14.1 Å². The van der Waals surface area contributed by atoms with Crippen molar-refractivity contribution in [1.82, 2.24) is 19.6 Å². The molecule has 11 heteroatoms. The number of carbonyl (C=O) groups excluding carboxylic acids is 1. The van der Waals surface area contributed by atoms with Gasteiger partial charge in [0.2, 0.25) is 0 Å². The molecule has 0 radical (unpaired) electrons. The van der Waals surface area contributed by atoms with Crippen molar-refractivity contribution in [3.8, 4) is 5.75 Å². The number of nitrogens with one attached hydrogen (secondary N) is 1. The molecule has 0 bridgehead atoms. The Labute approximate surface area is 228 Å². The predicted octanol–water partition coefficient (Wildman–Crippen LogP) is 6.30. The highest BCUT2D eigenvalue weighted by molar-refractivity contribution is 6.30. The van der Waals surface area contributed by atoms with Crippen LogP contribution in [-0.2, 0) is 6.42 Å². The third kappa shape index (κ3) is 6.22. The van der Waals surface area contributed by atoms with E-state index < -0.39 is 6.36 Å². The van der Waals surface area contributed by atoms with Gasteiger partial charge < -0.3 is 10.1 Å². The Balaban J connectivity index is 1.04. The second-order valence-electron chi connectivity index (χ2n) is 10.4. The highest BCUT2D eigenvalue weighted by Crippen LogP contribution is 2.56. The quantitative estimate of drug-likeness (QED) is 0.245. The lowest BCUT2D eigenvalue weighted by molar-refractivity contribution is -0.274. The molecule has 2 aliphatic rings. The molecule has 2 aromatic heterocycles. The number of hydrogen-bond acceptors (Lipinski definition) is 4. The van der Waals surface area contributed by atoms with Crippen molar-refractivity contribution in [2.24, 2.45) is 5.41 Å². The molecular formula is C28H29ClF4N4O2. The zero-order valence-corrected chi connectivity index (χ0v) is 22.2. The highest BCUT2D eigenvalue weighted by Gasteiger charge is 2.52. The number of rotatable bonds is 9. The van der Waals surface area contributed by atoms with E-state index in [1.165, 1.54) is 18.2 Å². The Kier molecular flexibility index (Phi) is 7.61. The zero-order chi connectivity index (χ0) is 27.8. The standard InChI is InChI=1S/C28H29ClF4N4O2/c1-2-23-25(37-14-20(29)7-10-24(37)35-23)26(38)34-11-3-4-21(30)15-36-16-27(17-36)12-19(13-27)18-5-8-22(9-6-18)39-28(31,32)33/h4-10,14,19H,2-3,11-13,15-17H2,1H3,(H,34,38)/b21-4+. The normalized spacial score (nSPS) is 17.7. The van der Waals surface area contributed by atoms with E-state index in [4.69, 9.17) is 11.6 Å². The zero-order valence-electron chi connectivity index (χ0n) is 21.4. The van der Waals surface area contributed by atoms with Crippen LogP contribution in [0.1, 0.15) is 53.8 Å². The minimum absolute atomic E-state index is 0.161. The number of pyridine rings is 1. The number of nitrogens with zero attached hydrogens (tertiary/aromatic N) is 3. The van der Waals surface area contributed by atoms with Crippen LogP contribution in [0.4, 0.5) is 17.6 Å². The van der Waals surface area contributed by atoms with Gasteiger partial charge in [-0.2, -0.15) is 0 Å². The van der Waals surface area contributed by atoms with Crippen LogP contribution in [0.3, 0.4) is 0 Å². The third-order valence-electron chi connectivity index (χ3n) is 7.44. The maximum atomic E-state index is 14.5. The lowest BCUT2D eigenvalue weighted by Gasteiger charge is -2.59. The molecule has 0 atom stereocenters. The molecule has 1 aliphatic heterocycles. The summed E-state index contributed by atoms with van der Waals surface area (Å²) in [4.78, 5) is 19.3. The molecule has 0 unspecified atom stereocenters. The topological polar surface area (TPSA) is 58.9 Å². The van der Waals surface area contributed by atoms with Crippen LogP contribution >= 0.6 is 11.6 Å². The number of aryl methyl sites for hydroxylation is 1. The molecule has 1 saturated heterocycles. The van der Waals surface area contributed by atoms with Gasteiger partial charge in [-0.1, -0.05) is 30.7 Å². The molecule has 3 aromatic rings. The van der Waals surface area contributed by atoms with E-state index in [0.29, 0.717) is 47.4 Å². The first-order valence-corrected chi connectivity index (χ1v) is 13.3. The van der Waals surface area contributed by atoms with E-state index in [1.807, 2.05) is 6.92 Å². The van der Waals surface area contributed by atoms with Crippen molar-refractivity contribution in [2.45, 2.75) is 44.9 Å². The molecule has 3 heterocycles. The minimum atomic E-state index is -4.70. The number of carbonyl (C=O) groups is 1. The molecule has 2 fully saturated rings. The summed E-state index contributed by atoms with van der Waals surface area (Å²) in [6.07, 6.45) is 1.31. The first kappa shape index (κ1) is 27.5. The van der Waals surface area contributed by atoms with Crippen molar-refractivity contribution in [1.29, 1.82) is 0 Å². The number of likely N-dealkylation sites (tertiary alicyclic amines) is 1. The molecule has 6 nitrogen and oxygen atoms in total. The Morgan fingerprint density at radius 2 is 1.92 bits per heavy atom. The number of imidazole rings is 1. The Morgan fingerprint density at radius 1 is 1.21 bits per heavy atom. The second-order valence-corrected chi connectivity index (χ2v) is 10.8. The van der Waals surface area contributed by atoms with Gasteiger partial charge in [-0.15, -0.1) is 13.2 Å². The molecular weight excluding hydrogens is 536 g/mol. The summed E-state index contributed by atoms with van der Waals surface area (Å²) in [5.41, 5.74) is 2.92. The van der Waals surface area contributed by atoms with Gasteiger partial charge >= 0.3 is 6.36 Å².